The van der Waals surface area contributed by atoms with Crippen LogP contribution in [0, 0.1) is 5.92 Å². The highest BCUT2D eigenvalue weighted by atomic mass is 127. The second kappa shape index (κ2) is 10.2. The van der Waals surface area contributed by atoms with Gasteiger partial charge in [-0.15, -0.1) is 24.0 Å². The Bertz CT molecular complexity index is 664. The van der Waals surface area contributed by atoms with E-state index in [1.807, 2.05) is 24.3 Å². The second-order valence-electron chi connectivity index (χ2n) is 6.12. The van der Waals surface area contributed by atoms with Gasteiger partial charge in [0.2, 0.25) is 10.0 Å². The van der Waals surface area contributed by atoms with Crippen molar-refractivity contribution in [3.05, 3.63) is 24.3 Å². The molecule has 0 bridgehead atoms. The van der Waals surface area contributed by atoms with Crippen LogP contribution in [0.4, 0.5) is 5.69 Å². The van der Waals surface area contributed by atoms with Crippen molar-refractivity contribution in [1.82, 2.24) is 4.72 Å². The molecule has 9 heteroatoms. The number of ether oxygens (including phenoxy) is 1. The summed E-state index contributed by atoms with van der Waals surface area (Å²) in [4.78, 5) is 4.38. The third-order valence-electron chi connectivity index (χ3n) is 4.13. The quantitative estimate of drug-likeness (QED) is 0.328. The first-order chi connectivity index (χ1) is 11.4. The highest BCUT2D eigenvalue weighted by molar-refractivity contribution is 14.0. The zero-order chi connectivity index (χ0) is 17.6. The van der Waals surface area contributed by atoms with Crippen LogP contribution >= 0.6 is 24.0 Å². The van der Waals surface area contributed by atoms with Gasteiger partial charge in [-0.25, -0.2) is 13.1 Å². The van der Waals surface area contributed by atoms with E-state index in [9.17, 15) is 8.42 Å². The molecule has 142 valence electrons. The number of methoxy groups -OCH3 is 1. The van der Waals surface area contributed by atoms with E-state index in [4.69, 9.17) is 10.5 Å². The van der Waals surface area contributed by atoms with Crippen molar-refractivity contribution in [2.24, 2.45) is 16.6 Å². The number of nitrogens with zero attached hydrogens (tertiary/aromatic N) is 1. The Labute approximate surface area is 166 Å². The van der Waals surface area contributed by atoms with Gasteiger partial charge in [-0.2, -0.15) is 0 Å². The molecule has 25 heavy (non-hydrogen) atoms. The van der Waals surface area contributed by atoms with Crippen molar-refractivity contribution in [2.75, 3.05) is 25.2 Å². The number of anilines is 1. The highest BCUT2D eigenvalue weighted by Crippen LogP contribution is 2.25. The molecule has 1 aliphatic carbocycles. The largest absolute Gasteiger partial charge is 0.497 e. The predicted octanol–water partition coefficient (Wildman–Crippen LogP) is 2.15. The lowest BCUT2D eigenvalue weighted by molar-refractivity contribution is 0.297. The zero-order valence-electron chi connectivity index (χ0n) is 14.6. The summed E-state index contributed by atoms with van der Waals surface area (Å²) in [5.41, 5.74) is 6.76. The standard InChI is InChI=1S/C16H26N4O3S.HI/c1-23-14-9-7-13(8-10-14)19-16(17)18-11-12-5-3-4-6-15(12)20-24(2,21)22;/h7-10,12,15,20H,3-6,11H2,1-2H3,(H3,17,18,19);1H. The molecule has 2 rings (SSSR count). The molecule has 1 aliphatic rings. The fourth-order valence-corrected chi connectivity index (χ4v) is 3.79. The van der Waals surface area contributed by atoms with Crippen molar-refractivity contribution in [2.45, 2.75) is 31.7 Å². The number of nitrogens with two attached hydrogens (primary N) is 1. The van der Waals surface area contributed by atoms with Gasteiger partial charge in [0.05, 0.1) is 13.4 Å². The van der Waals surface area contributed by atoms with Gasteiger partial charge in [0, 0.05) is 18.3 Å². The molecular weight excluding hydrogens is 455 g/mol. The first kappa shape index (κ1) is 22.0. The first-order valence-electron chi connectivity index (χ1n) is 8.05. The van der Waals surface area contributed by atoms with Gasteiger partial charge in [0.25, 0.3) is 0 Å². The molecule has 0 spiro atoms. The zero-order valence-corrected chi connectivity index (χ0v) is 17.7. The number of halogens is 1. The Balaban J connectivity index is 0.00000312. The van der Waals surface area contributed by atoms with Crippen LogP contribution in [0.2, 0.25) is 0 Å². The van der Waals surface area contributed by atoms with E-state index < -0.39 is 10.0 Å². The molecule has 0 amide bonds. The van der Waals surface area contributed by atoms with Gasteiger partial charge in [-0.3, -0.25) is 4.99 Å². The van der Waals surface area contributed by atoms with E-state index in [2.05, 4.69) is 15.0 Å². The van der Waals surface area contributed by atoms with Crippen molar-refractivity contribution in [3.8, 4) is 5.75 Å². The summed E-state index contributed by atoms with van der Waals surface area (Å²) in [5.74, 6) is 1.27. The summed E-state index contributed by atoms with van der Waals surface area (Å²) in [7, 11) is -1.59. The topological polar surface area (TPSA) is 106 Å². The van der Waals surface area contributed by atoms with Gasteiger partial charge in [-0.1, -0.05) is 12.8 Å². The molecular formula is C16H27IN4O3S. The van der Waals surface area contributed by atoms with Gasteiger partial charge >= 0.3 is 0 Å². The van der Waals surface area contributed by atoms with Crippen LogP contribution < -0.4 is 20.5 Å². The third kappa shape index (κ3) is 7.78. The number of aliphatic imine (C=N–C) groups is 1. The van der Waals surface area contributed by atoms with Crippen LogP contribution in [0.1, 0.15) is 25.7 Å². The number of rotatable bonds is 6. The minimum Gasteiger partial charge on any atom is -0.497 e. The normalized spacial score (nSPS) is 21.3. The Hall–Kier alpha value is -1.07. The van der Waals surface area contributed by atoms with Crippen LogP contribution in [0.25, 0.3) is 0 Å². The fraction of sp³-hybridized carbons (Fsp3) is 0.562. The molecule has 1 fully saturated rings. The molecule has 0 radical (unpaired) electrons. The lowest BCUT2D eigenvalue weighted by Gasteiger charge is -2.30. The summed E-state index contributed by atoms with van der Waals surface area (Å²) < 4.78 is 30.8. The molecule has 0 aliphatic heterocycles. The number of nitrogens with one attached hydrogen (secondary N) is 2. The molecule has 0 aromatic heterocycles. The van der Waals surface area contributed by atoms with E-state index in [1.54, 1.807) is 7.11 Å². The molecule has 1 aromatic rings. The van der Waals surface area contributed by atoms with E-state index in [0.717, 1.165) is 37.1 Å². The average molecular weight is 482 g/mol. The van der Waals surface area contributed by atoms with Crippen molar-refractivity contribution in [3.63, 3.8) is 0 Å². The number of hydrogen-bond acceptors (Lipinski definition) is 4. The maximum atomic E-state index is 11.5. The van der Waals surface area contributed by atoms with Crippen LogP contribution in [0.5, 0.6) is 5.75 Å². The summed E-state index contributed by atoms with van der Waals surface area (Å²) in [6.45, 7) is 0.502. The lowest BCUT2D eigenvalue weighted by Crippen LogP contribution is -2.43. The number of guanidine groups is 1. The van der Waals surface area contributed by atoms with Gasteiger partial charge in [0.15, 0.2) is 5.96 Å². The van der Waals surface area contributed by atoms with Gasteiger partial charge in [-0.05, 0) is 43.0 Å². The molecule has 7 nitrogen and oxygen atoms in total. The van der Waals surface area contributed by atoms with Gasteiger partial charge in [0.1, 0.15) is 5.75 Å². The molecule has 2 atom stereocenters. The monoisotopic (exact) mass is 482 g/mol. The molecule has 1 saturated carbocycles. The number of benzene rings is 1. The van der Waals surface area contributed by atoms with Crippen molar-refractivity contribution >= 4 is 45.6 Å². The molecule has 1 aromatic carbocycles. The first-order valence-corrected chi connectivity index (χ1v) is 9.95. The van der Waals surface area contributed by atoms with Crippen LogP contribution in [0.3, 0.4) is 0 Å². The van der Waals surface area contributed by atoms with Crippen molar-refractivity contribution < 1.29 is 13.2 Å². The average Bonchev–Trinajstić information content (AvgIpc) is 2.53. The predicted molar refractivity (Wildman–Crippen MR) is 112 cm³/mol. The van der Waals surface area contributed by atoms with Crippen LogP contribution in [0.15, 0.2) is 29.3 Å². The minimum absolute atomic E-state index is 0. The maximum Gasteiger partial charge on any atom is 0.208 e. The summed E-state index contributed by atoms with van der Waals surface area (Å²) in [6.07, 6.45) is 5.12. The van der Waals surface area contributed by atoms with E-state index in [-0.39, 0.29) is 35.9 Å². The number of hydrogen-bond donors (Lipinski definition) is 3. The molecule has 0 saturated heterocycles. The molecule has 2 unspecified atom stereocenters. The Morgan fingerprint density at radius 2 is 1.92 bits per heavy atom. The Morgan fingerprint density at radius 3 is 2.52 bits per heavy atom. The highest BCUT2D eigenvalue weighted by Gasteiger charge is 2.27. The van der Waals surface area contributed by atoms with E-state index in [1.165, 1.54) is 6.26 Å². The van der Waals surface area contributed by atoms with E-state index >= 15 is 0 Å². The van der Waals surface area contributed by atoms with Crippen LogP contribution in [-0.4, -0.2) is 40.3 Å². The maximum absolute atomic E-state index is 11.5. The lowest BCUT2D eigenvalue weighted by atomic mass is 9.85. The summed E-state index contributed by atoms with van der Waals surface area (Å²) in [5, 5.41) is 3.03. The summed E-state index contributed by atoms with van der Waals surface area (Å²) >= 11 is 0. The SMILES string of the molecule is COc1ccc(NC(N)=NCC2CCCCC2NS(C)(=O)=O)cc1.I. The third-order valence-corrected chi connectivity index (χ3v) is 4.86. The smallest absolute Gasteiger partial charge is 0.208 e. The van der Waals surface area contributed by atoms with Gasteiger partial charge < -0.3 is 15.8 Å². The Kier molecular flexibility index (Phi) is 8.94. The fourth-order valence-electron chi connectivity index (χ4n) is 2.93. The Morgan fingerprint density at radius 1 is 1.28 bits per heavy atom. The minimum atomic E-state index is -3.21. The molecule has 0 heterocycles. The van der Waals surface area contributed by atoms with Crippen molar-refractivity contribution in [1.29, 1.82) is 0 Å². The summed E-state index contributed by atoms with van der Waals surface area (Å²) in [6, 6.07) is 7.32. The second-order valence-corrected chi connectivity index (χ2v) is 7.90. The van der Waals surface area contributed by atoms with E-state index in [0.29, 0.717) is 12.5 Å². The van der Waals surface area contributed by atoms with Crippen LogP contribution in [-0.2, 0) is 10.0 Å². The number of sulfonamides is 1. The molecule has 4 N–H and O–H groups in total.